The van der Waals surface area contributed by atoms with Crippen molar-refractivity contribution in [2.24, 2.45) is 5.73 Å². The molecule has 0 amide bonds. The Balaban J connectivity index is 1.95. The molecule has 0 saturated carbocycles. The topological polar surface area (TPSA) is 83.4 Å². The highest BCUT2D eigenvalue weighted by atomic mass is 19.2. The minimum atomic E-state index is -0.964. The summed E-state index contributed by atoms with van der Waals surface area (Å²) in [5, 5.41) is 0. The molecule has 0 radical (unpaired) electrons. The maximum absolute atomic E-state index is 13.5. The number of benzene rings is 1. The summed E-state index contributed by atoms with van der Waals surface area (Å²) in [5.74, 6) is -1.48. The monoisotopic (exact) mass is 263 g/mol. The normalized spacial score (nSPS) is 13.0. The lowest BCUT2D eigenvalue weighted by molar-refractivity contribution is 0.515. The second-order valence-electron chi connectivity index (χ2n) is 4.27. The number of rotatable bonds is 3. The van der Waals surface area contributed by atoms with Gasteiger partial charge >= 0.3 is 0 Å². The number of nitrogens with one attached hydrogen (secondary N) is 2. The molecule has 0 saturated heterocycles. The predicted octanol–water partition coefficient (Wildman–Crippen LogP) is 1.81. The largest absolute Gasteiger partial charge is 0.348 e. The summed E-state index contributed by atoms with van der Waals surface area (Å²) in [4.78, 5) is 13.7. The number of imidazole rings is 2. The summed E-state index contributed by atoms with van der Waals surface area (Å²) >= 11 is 0. The molecule has 5 nitrogen and oxygen atoms in total. The Bertz CT molecular complexity index is 704. The summed E-state index contributed by atoms with van der Waals surface area (Å²) in [7, 11) is 0. The van der Waals surface area contributed by atoms with E-state index in [1.807, 2.05) is 0 Å². The molecule has 2 aromatic heterocycles. The fourth-order valence-electron chi connectivity index (χ4n) is 1.94. The van der Waals surface area contributed by atoms with Gasteiger partial charge in [0.05, 0.1) is 17.9 Å². The molecule has 0 spiro atoms. The van der Waals surface area contributed by atoms with E-state index in [1.165, 1.54) is 6.07 Å². The SMILES string of the molecule is NC(Cc1cnc[nH]1)c1nc2c(F)c(F)ccc2[nH]1. The predicted molar refractivity (Wildman–Crippen MR) is 65.2 cm³/mol. The maximum Gasteiger partial charge on any atom is 0.186 e. The molecule has 98 valence electrons. The van der Waals surface area contributed by atoms with Crippen molar-refractivity contribution in [3.05, 3.63) is 47.8 Å². The molecular weight excluding hydrogens is 252 g/mol. The standard InChI is InChI=1S/C12H11F2N5/c13-7-1-2-9-11(10(7)14)19-12(18-9)8(15)3-6-4-16-5-17-6/h1-2,4-5,8H,3,15H2,(H,16,17)(H,18,19). The number of hydrogen-bond acceptors (Lipinski definition) is 3. The second kappa shape index (κ2) is 4.43. The fourth-order valence-corrected chi connectivity index (χ4v) is 1.94. The van der Waals surface area contributed by atoms with Crippen LogP contribution in [0.25, 0.3) is 11.0 Å². The van der Waals surface area contributed by atoms with Crippen molar-refractivity contribution in [2.75, 3.05) is 0 Å². The zero-order valence-corrected chi connectivity index (χ0v) is 9.82. The molecule has 1 unspecified atom stereocenters. The van der Waals surface area contributed by atoms with Gasteiger partial charge in [-0.3, -0.25) is 0 Å². The van der Waals surface area contributed by atoms with Gasteiger partial charge in [-0.15, -0.1) is 0 Å². The maximum atomic E-state index is 13.5. The summed E-state index contributed by atoms with van der Waals surface area (Å²) in [6.45, 7) is 0. The third kappa shape index (κ3) is 2.08. The Labute approximate surface area is 106 Å². The van der Waals surface area contributed by atoms with Crippen molar-refractivity contribution in [2.45, 2.75) is 12.5 Å². The van der Waals surface area contributed by atoms with Crippen LogP contribution < -0.4 is 5.73 Å². The molecule has 0 aliphatic rings. The summed E-state index contributed by atoms with van der Waals surface area (Å²) in [6.07, 6.45) is 3.68. The Kier molecular flexibility index (Phi) is 2.75. The van der Waals surface area contributed by atoms with E-state index in [1.54, 1.807) is 12.5 Å². The summed E-state index contributed by atoms with van der Waals surface area (Å²) in [5.41, 5.74) is 7.22. The zero-order valence-electron chi connectivity index (χ0n) is 9.82. The van der Waals surface area contributed by atoms with Crippen LogP contribution in [-0.4, -0.2) is 19.9 Å². The molecule has 3 rings (SSSR count). The minimum absolute atomic E-state index is 0.0324. The van der Waals surface area contributed by atoms with Gasteiger partial charge in [0.25, 0.3) is 0 Å². The van der Waals surface area contributed by atoms with Crippen LogP contribution in [0.2, 0.25) is 0 Å². The van der Waals surface area contributed by atoms with E-state index in [9.17, 15) is 8.78 Å². The van der Waals surface area contributed by atoms with Gasteiger partial charge in [-0.05, 0) is 12.1 Å². The van der Waals surface area contributed by atoms with Crippen molar-refractivity contribution in [1.82, 2.24) is 19.9 Å². The first-order chi connectivity index (χ1) is 9.15. The first kappa shape index (κ1) is 11.8. The van der Waals surface area contributed by atoms with Gasteiger partial charge in [-0.25, -0.2) is 18.7 Å². The molecule has 2 heterocycles. The van der Waals surface area contributed by atoms with Crippen LogP contribution in [0, 0.1) is 11.6 Å². The van der Waals surface area contributed by atoms with E-state index < -0.39 is 17.7 Å². The molecule has 1 aromatic carbocycles. The Morgan fingerprint density at radius 2 is 2.16 bits per heavy atom. The summed E-state index contributed by atoms with van der Waals surface area (Å²) < 4.78 is 26.6. The van der Waals surface area contributed by atoms with Crippen molar-refractivity contribution in [3.8, 4) is 0 Å². The number of aromatic amines is 2. The number of nitrogens with zero attached hydrogens (tertiary/aromatic N) is 2. The molecule has 7 heteroatoms. The Morgan fingerprint density at radius 3 is 2.89 bits per heavy atom. The number of halogens is 2. The van der Waals surface area contributed by atoms with Crippen LogP contribution in [0.1, 0.15) is 17.6 Å². The molecule has 0 fully saturated rings. The fraction of sp³-hybridized carbons (Fsp3) is 0.167. The highest BCUT2D eigenvalue weighted by Gasteiger charge is 2.16. The van der Waals surface area contributed by atoms with E-state index in [2.05, 4.69) is 19.9 Å². The molecule has 0 bridgehead atoms. The van der Waals surface area contributed by atoms with Gasteiger partial charge in [-0.1, -0.05) is 0 Å². The van der Waals surface area contributed by atoms with Gasteiger partial charge in [0, 0.05) is 18.3 Å². The second-order valence-corrected chi connectivity index (χ2v) is 4.27. The molecule has 0 aliphatic carbocycles. The van der Waals surface area contributed by atoms with Crippen LogP contribution in [0.3, 0.4) is 0 Å². The van der Waals surface area contributed by atoms with E-state index in [0.29, 0.717) is 17.8 Å². The summed E-state index contributed by atoms with van der Waals surface area (Å²) in [6, 6.07) is 2.04. The van der Waals surface area contributed by atoms with Crippen molar-refractivity contribution in [1.29, 1.82) is 0 Å². The molecule has 3 aromatic rings. The number of fused-ring (bicyclic) bond motifs is 1. The number of H-pyrrole nitrogens is 2. The third-order valence-electron chi connectivity index (χ3n) is 2.91. The first-order valence-corrected chi connectivity index (χ1v) is 5.71. The van der Waals surface area contributed by atoms with Crippen molar-refractivity contribution < 1.29 is 8.78 Å². The average molecular weight is 263 g/mol. The van der Waals surface area contributed by atoms with E-state index in [4.69, 9.17) is 5.73 Å². The van der Waals surface area contributed by atoms with E-state index >= 15 is 0 Å². The van der Waals surface area contributed by atoms with Crippen molar-refractivity contribution in [3.63, 3.8) is 0 Å². The lowest BCUT2D eigenvalue weighted by atomic mass is 10.2. The van der Waals surface area contributed by atoms with Crippen molar-refractivity contribution >= 4 is 11.0 Å². The first-order valence-electron chi connectivity index (χ1n) is 5.71. The van der Waals surface area contributed by atoms with Crippen LogP contribution in [-0.2, 0) is 6.42 Å². The minimum Gasteiger partial charge on any atom is -0.348 e. The van der Waals surface area contributed by atoms with Crippen LogP contribution >= 0.6 is 0 Å². The lowest BCUT2D eigenvalue weighted by Crippen LogP contribution is -2.15. The number of hydrogen-bond donors (Lipinski definition) is 3. The zero-order chi connectivity index (χ0) is 13.4. The molecule has 4 N–H and O–H groups in total. The molecule has 1 atom stereocenters. The molecule has 19 heavy (non-hydrogen) atoms. The van der Waals surface area contributed by atoms with Crippen LogP contribution in [0.5, 0.6) is 0 Å². The van der Waals surface area contributed by atoms with Gasteiger partial charge in [0.1, 0.15) is 11.3 Å². The highest BCUT2D eigenvalue weighted by molar-refractivity contribution is 5.75. The number of nitrogens with two attached hydrogens (primary N) is 1. The Morgan fingerprint density at radius 1 is 1.32 bits per heavy atom. The van der Waals surface area contributed by atoms with Gasteiger partial charge in [-0.2, -0.15) is 0 Å². The molecule has 0 aliphatic heterocycles. The van der Waals surface area contributed by atoms with Crippen LogP contribution in [0.4, 0.5) is 8.78 Å². The van der Waals surface area contributed by atoms with Gasteiger partial charge in [0.15, 0.2) is 11.6 Å². The lowest BCUT2D eigenvalue weighted by Gasteiger charge is -2.05. The van der Waals surface area contributed by atoms with E-state index in [0.717, 1.165) is 11.8 Å². The quantitative estimate of drug-likeness (QED) is 0.673. The molecular formula is C12H11F2N5. The van der Waals surface area contributed by atoms with Crippen LogP contribution in [0.15, 0.2) is 24.7 Å². The smallest absolute Gasteiger partial charge is 0.186 e. The number of aromatic nitrogens is 4. The average Bonchev–Trinajstić information content (AvgIpc) is 3.02. The van der Waals surface area contributed by atoms with E-state index in [-0.39, 0.29) is 5.52 Å². The Hall–Kier alpha value is -2.28. The van der Waals surface area contributed by atoms with Gasteiger partial charge < -0.3 is 15.7 Å². The highest BCUT2D eigenvalue weighted by Crippen LogP contribution is 2.21. The van der Waals surface area contributed by atoms with Gasteiger partial charge in [0.2, 0.25) is 0 Å². The third-order valence-corrected chi connectivity index (χ3v) is 2.91.